The summed E-state index contributed by atoms with van der Waals surface area (Å²) in [6, 6.07) is 13.4. The van der Waals surface area contributed by atoms with Gasteiger partial charge in [0.15, 0.2) is 0 Å². The summed E-state index contributed by atoms with van der Waals surface area (Å²) >= 11 is -1.94. The largest absolute Gasteiger partial charge is 0.147 e. The quantitative estimate of drug-likeness (QED) is 0.487. The Morgan fingerprint density at radius 2 is 1.62 bits per heavy atom. The zero-order chi connectivity index (χ0) is 17.5. The van der Waals surface area contributed by atoms with Crippen molar-refractivity contribution < 1.29 is 21.6 Å². The fraction of sp³-hybridized carbons (Fsp3) is 0.364. The van der Waals surface area contributed by atoms with Gasteiger partial charge in [0.2, 0.25) is 0 Å². The van der Waals surface area contributed by atoms with Crippen LogP contribution in [0.4, 0.5) is 0 Å². The molecule has 0 N–H and O–H groups in total. The van der Waals surface area contributed by atoms with Crippen LogP contribution in [0.1, 0.15) is 46.6 Å². The summed E-state index contributed by atoms with van der Waals surface area (Å²) in [4.78, 5) is 0. The maximum absolute atomic E-state index is 6.20. The molecule has 141 valence electrons. The zero-order valence-electron chi connectivity index (χ0n) is 16.5. The van der Waals surface area contributed by atoms with E-state index in [4.69, 9.17) is 3.32 Å². The maximum atomic E-state index is 6.20. The van der Waals surface area contributed by atoms with Crippen LogP contribution in [0.2, 0.25) is 3.72 Å². The monoisotopic (exact) mass is 427 g/mol. The molecule has 0 aliphatic heterocycles. The standard InChI is InChI=1S/C17H15.C4H9.CH3O.2ClH.Ti/c1-12-7-10-17(13(12)2)16-9-8-14-5-3-4-6-15(14)11-16;1-4(2)3;1-2;;;/h3-9H,10H2,1-2H3;1-3H3;1H3;2*1H;/q;;-1;;;+1. The van der Waals surface area contributed by atoms with E-state index in [1.165, 1.54) is 36.9 Å². The molecule has 0 atom stereocenters. The van der Waals surface area contributed by atoms with Gasteiger partial charge in [-0.3, -0.25) is 0 Å². The topological polar surface area (TPSA) is 9.23 Å². The molecule has 0 bridgehead atoms. The van der Waals surface area contributed by atoms with Crippen molar-refractivity contribution in [3.05, 3.63) is 59.2 Å². The van der Waals surface area contributed by atoms with Crippen molar-refractivity contribution in [3.63, 3.8) is 0 Å². The molecule has 0 aromatic heterocycles. The molecule has 0 radical (unpaired) electrons. The van der Waals surface area contributed by atoms with Gasteiger partial charge < -0.3 is 0 Å². The molecule has 0 fully saturated rings. The molecule has 4 heteroatoms. The number of allylic oxidation sites excluding steroid dienone is 4. The minimum Gasteiger partial charge on any atom is -0.147 e. The summed E-state index contributed by atoms with van der Waals surface area (Å²) in [6.45, 7) is 11.5. The first-order valence-electron chi connectivity index (χ1n) is 8.65. The predicted octanol–water partition coefficient (Wildman–Crippen LogP) is 6.83. The van der Waals surface area contributed by atoms with Crippen molar-refractivity contribution in [1.29, 1.82) is 0 Å². The van der Waals surface area contributed by atoms with Crippen molar-refractivity contribution in [2.24, 2.45) is 0 Å². The molecule has 1 aliphatic carbocycles. The van der Waals surface area contributed by atoms with E-state index in [1.807, 2.05) is 7.11 Å². The molecule has 0 amide bonds. The van der Waals surface area contributed by atoms with Crippen LogP contribution in [0.25, 0.3) is 16.3 Å². The Balaban J connectivity index is 0.00000169. The molecule has 0 saturated carbocycles. The van der Waals surface area contributed by atoms with Crippen LogP contribution >= 0.6 is 24.8 Å². The maximum Gasteiger partial charge on any atom is -0.147 e. The van der Waals surface area contributed by atoms with E-state index in [-0.39, 0.29) is 28.5 Å². The average Bonchev–Trinajstić information content (AvgIpc) is 2.86. The minimum absolute atomic E-state index is 0. The van der Waals surface area contributed by atoms with E-state index in [0.717, 1.165) is 6.42 Å². The van der Waals surface area contributed by atoms with Crippen LogP contribution in [0.5, 0.6) is 0 Å². The summed E-state index contributed by atoms with van der Waals surface area (Å²) in [5, 5.41) is 2.70. The van der Waals surface area contributed by atoms with Gasteiger partial charge in [0, 0.05) is 0 Å². The van der Waals surface area contributed by atoms with Crippen molar-refractivity contribution in [3.8, 4) is 0 Å². The SMILES string of the molecule is C[O][Ti]([c]1c(C2=C(C)C(C)=CC2)ccc2ccccc12)[C](C)(C)C.Cl.Cl. The molecule has 26 heavy (non-hydrogen) atoms. The molecule has 0 unspecified atom stereocenters. The molecule has 0 heterocycles. The third-order valence-corrected chi connectivity index (χ3v) is 9.34. The van der Waals surface area contributed by atoms with E-state index in [1.54, 1.807) is 0 Å². The normalized spacial score (nSPS) is 14.0. The molecule has 2 aromatic carbocycles. The molecule has 2 aromatic rings. The second-order valence-electron chi connectivity index (χ2n) is 7.69. The first kappa shape index (κ1) is 23.5. The average molecular weight is 428 g/mol. The third-order valence-electron chi connectivity index (χ3n) is 5.02. The number of hydrogen-bond donors (Lipinski definition) is 0. The van der Waals surface area contributed by atoms with Gasteiger partial charge in [0.25, 0.3) is 0 Å². The Hall–Kier alpha value is -0.566. The van der Waals surface area contributed by atoms with Crippen LogP contribution in [-0.2, 0) is 21.6 Å². The second-order valence-corrected chi connectivity index (χ2v) is 12.5. The van der Waals surface area contributed by atoms with Gasteiger partial charge >= 0.3 is 153 Å². The first-order valence-corrected chi connectivity index (χ1v) is 10.8. The summed E-state index contributed by atoms with van der Waals surface area (Å²) in [7, 11) is 1.91. The predicted molar refractivity (Wildman–Crippen MR) is 116 cm³/mol. The minimum atomic E-state index is -1.94. The van der Waals surface area contributed by atoms with Crippen LogP contribution in [0.3, 0.4) is 0 Å². The molecule has 0 spiro atoms. The Morgan fingerprint density at radius 1 is 0.962 bits per heavy atom. The molecule has 3 rings (SSSR count). The fourth-order valence-corrected chi connectivity index (χ4v) is 7.59. The van der Waals surface area contributed by atoms with E-state index in [2.05, 4.69) is 77.1 Å². The van der Waals surface area contributed by atoms with Gasteiger partial charge in [-0.25, -0.2) is 0 Å². The van der Waals surface area contributed by atoms with Crippen LogP contribution in [0, 0.1) is 0 Å². The Kier molecular flexibility index (Phi) is 8.20. The number of fused-ring (bicyclic) bond motifs is 1. The van der Waals surface area contributed by atoms with E-state index < -0.39 is 18.3 Å². The van der Waals surface area contributed by atoms with E-state index in [9.17, 15) is 0 Å². The first-order chi connectivity index (χ1) is 11.3. The van der Waals surface area contributed by atoms with Gasteiger partial charge in [-0.2, -0.15) is 0 Å². The summed E-state index contributed by atoms with van der Waals surface area (Å²) in [5.74, 6) is 0. The van der Waals surface area contributed by atoms with Crippen molar-refractivity contribution in [2.75, 3.05) is 7.11 Å². The van der Waals surface area contributed by atoms with Crippen molar-refractivity contribution in [1.82, 2.24) is 0 Å². The van der Waals surface area contributed by atoms with Crippen molar-refractivity contribution >= 4 is 45.0 Å². The number of benzene rings is 2. The van der Waals surface area contributed by atoms with Gasteiger partial charge in [-0.1, -0.05) is 0 Å². The summed E-state index contributed by atoms with van der Waals surface area (Å²) < 4.78 is 7.90. The van der Waals surface area contributed by atoms with Gasteiger partial charge in [0.1, 0.15) is 0 Å². The van der Waals surface area contributed by atoms with Gasteiger partial charge in [-0.05, 0) is 0 Å². The van der Waals surface area contributed by atoms with E-state index >= 15 is 0 Å². The Labute approximate surface area is 177 Å². The number of halogens is 2. The Bertz CT molecular complexity index is 847. The summed E-state index contributed by atoms with van der Waals surface area (Å²) in [6.07, 6.45) is 3.40. The molecule has 1 nitrogen and oxygen atoms in total. The zero-order valence-corrected chi connectivity index (χ0v) is 19.7. The number of rotatable bonds is 3. The van der Waals surface area contributed by atoms with Crippen molar-refractivity contribution in [2.45, 2.75) is 44.8 Å². The molecule has 0 saturated heterocycles. The number of hydrogen-bond acceptors (Lipinski definition) is 1. The van der Waals surface area contributed by atoms with Gasteiger partial charge in [0.05, 0.1) is 0 Å². The van der Waals surface area contributed by atoms with Crippen LogP contribution in [-0.4, -0.2) is 7.11 Å². The molecular weight excluding hydrogens is 399 g/mol. The summed E-state index contributed by atoms with van der Waals surface area (Å²) in [5.41, 5.74) is 5.76. The van der Waals surface area contributed by atoms with E-state index in [0.29, 0.717) is 0 Å². The molecule has 1 aliphatic rings. The van der Waals surface area contributed by atoms with Crippen LogP contribution in [0.15, 0.2) is 53.6 Å². The molecular formula is C22H29Cl2OTi. The smallest absolute Gasteiger partial charge is 0.147 e. The van der Waals surface area contributed by atoms with Gasteiger partial charge in [-0.15, -0.1) is 24.8 Å². The third kappa shape index (κ3) is 4.29. The Morgan fingerprint density at radius 3 is 2.15 bits per heavy atom. The second kappa shape index (κ2) is 9.08. The fourth-order valence-electron chi connectivity index (χ4n) is 3.66. The van der Waals surface area contributed by atoms with Crippen LogP contribution < -0.4 is 3.87 Å².